The molecule has 7 nitrogen and oxygen atoms in total. The molecule has 2 rings (SSSR count). The van der Waals surface area contributed by atoms with Crippen molar-refractivity contribution in [1.82, 2.24) is 15.5 Å². The van der Waals surface area contributed by atoms with Crippen LogP contribution in [-0.4, -0.2) is 62.9 Å². The SMILES string of the molecule is CCCCNC1C=CN(C2CC(OC)C(COC)O2)C(=O)N1. The molecule has 0 saturated carbocycles. The lowest BCUT2D eigenvalue weighted by molar-refractivity contribution is -0.0677. The minimum Gasteiger partial charge on any atom is -0.382 e. The van der Waals surface area contributed by atoms with Gasteiger partial charge in [-0.15, -0.1) is 0 Å². The van der Waals surface area contributed by atoms with E-state index in [1.807, 2.05) is 6.08 Å². The van der Waals surface area contributed by atoms with Gasteiger partial charge in [-0.05, 0) is 19.0 Å². The van der Waals surface area contributed by atoms with Gasteiger partial charge in [0.25, 0.3) is 0 Å². The van der Waals surface area contributed by atoms with Crippen LogP contribution in [0.4, 0.5) is 4.79 Å². The number of amides is 2. The molecule has 2 amide bonds. The smallest absolute Gasteiger partial charge is 0.325 e. The maximum absolute atomic E-state index is 12.3. The zero-order valence-electron chi connectivity index (χ0n) is 13.6. The molecule has 2 aliphatic rings. The van der Waals surface area contributed by atoms with Gasteiger partial charge in [0.05, 0.1) is 12.7 Å². The molecule has 7 heteroatoms. The number of urea groups is 1. The van der Waals surface area contributed by atoms with Gasteiger partial charge >= 0.3 is 6.03 Å². The van der Waals surface area contributed by atoms with Gasteiger partial charge in [-0.2, -0.15) is 0 Å². The fourth-order valence-corrected chi connectivity index (χ4v) is 2.72. The Hall–Kier alpha value is -1.15. The molecule has 4 atom stereocenters. The summed E-state index contributed by atoms with van der Waals surface area (Å²) < 4.78 is 16.5. The molecule has 22 heavy (non-hydrogen) atoms. The monoisotopic (exact) mass is 313 g/mol. The Morgan fingerprint density at radius 2 is 2.32 bits per heavy atom. The average Bonchev–Trinajstić information content (AvgIpc) is 2.91. The Balaban J connectivity index is 1.90. The van der Waals surface area contributed by atoms with E-state index in [4.69, 9.17) is 14.2 Å². The average molecular weight is 313 g/mol. The van der Waals surface area contributed by atoms with Gasteiger partial charge in [-0.1, -0.05) is 13.3 Å². The first-order chi connectivity index (χ1) is 10.7. The van der Waals surface area contributed by atoms with Crippen molar-refractivity contribution in [3.05, 3.63) is 12.3 Å². The van der Waals surface area contributed by atoms with Crippen LogP contribution in [-0.2, 0) is 14.2 Å². The van der Waals surface area contributed by atoms with Crippen LogP contribution in [0.2, 0.25) is 0 Å². The molecule has 1 fully saturated rings. The highest BCUT2D eigenvalue weighted by Gasteiger charge is 2.40. The Morgan fingerprint density at radius 3 is 2.95 bits per heavy atom. The fourth-order valence-electron chi connectivity index (χ4n) is 2.72. The van der Waals surface area contributed by atoms with E-state index >= 15 is 0 Å². The molecule has 2 N–H and O–H groups in total. The molecule has 2 aliphatic heterocycles. The maximum atomic E-state index is 12.3. The molecular formula is C15H27N3O4. The van der Waals surface area contributed by atoms with Crippen molar-refractivity contribution in [3.63, 3.8) is 0 Å². The van der Waals surface area contributed by atoms with Crippen molar-refractivity contribution >= 4 is 6.03 Å². The van der Waals surface area contributed by atoms with Gasteiger partial charge in [0, 0.05) is 26.8 Å². The zero-order valence-corrected chi connectivity index (χ0v) is 13.6. The van der Waals surface area contributed by atoms with Crippen molar-refractivity contribution in [3.8, 4) is 0 Å². The van der Waals surface area contributed by atoms with Gasteiger partial charge in [-0.25, -0.2) is 4.79 Å². The van der Waals surface area contributed by atoms with Crippen LogP contribution in [0.25, 0.3) is 0 Å². The second-order valence-corrected chi connectivity index (χ2v) is 5.58. The second kappa shape index (κ2) is 8.47. The van der Waals surface area contributed by atoms with Gasteiger partial charge in [-0.3, -0.25) is 10.2 Å². The van der Waals surface area contributed by atoms with E-state index in [0.29, 0.717) is 13.0 Å². The van der Waals surface area contributed by atoms with E-state index in [9.17, 15) is 4.79 Å². The number of ether oxygens (including phenoxy) is 3. The minimum atomic E-state index is -0.321. The Bertz CT molecular complexity index is 391. The van der Waals surface area contributed by atoms with Crippen LogP contribution in [0.1, 0.15) is 26.2 Å². The summed E-state index contributed by atoms with van der Waals surface area (Å²) in [5, 5.41) is 6.20. The van der Waals surface area contributed by atoms with E-state index in [2.05, 4.69) is 17.6 Å². The predicted octanol–water partition coefficient (Wildman–Crippen LogP) is 1.02. The van der Waals surface area contributed by atoms with Gasteiger partial charge in [0.1, 0.15) is 18.5 Å². The normalized spacial score (nSPS) is 31.6. The van der Waals surface area contributed by atoms with Gasteiger partial charge in [0.15, 0.2) is 0 Å². The number of nitrogens with zero attached hydrogens (tertiary/aromatic N) is 1. The number of unbranched alkanes of at least 4 members (excludes halogenated alkanes) is 1. The topological polar surface area (TPSA) is 72.1 Å². The molecule has 126 valence electrons. The molecular weight excluding hydrogens is 286 g/mol. The summed E-state index contributed by atoms with van der Waals surface area (Å²) in [4.78, 5) is 13.8. The van der Waals surface area contributed by atoms with Crippen molar-refractivity contribution in [1.29, 1.82) is 0 Å². The molecule has 0 aliphatic carbocycles. The number of nitrogens with one attached hydrogen (secondary N) is 2. The molecule has 4 unspecified atom stereocenters. The van der Waals surface area contributed by atoms with Crippen molar-refractivity contribution in [2.24, 2.45) is 0 Å². The molecule has 0 aromatic heterocycles. The van der Waals surface area contributed by atoms with Crippen LogP contribution in [0.3, 0.4) is 0 Å². The standard InChI is InChI=1S/C15H27N3O4/c1-4-5-7-16-13-6-8-18(15(19)17-13)14-9-11(21-3)12(22-14)10-20-2/h6,8,11-14,16H,4-5,7,9-10H2,1-3H3,(H,17,19). The molecule has 1 saturated heterocycles. The van der Waals surface area contributed by atoms with Crippen LogP contribution >= 0.6 is 0 Å². The Kier molecular flexibility index (Phi) is 6.63. The van der Waals surface area contributed by atoms with Crippen molar-refractivity contribution in [2.75, 3.05) is 27.4 Å². The molecule has 0 bridgehead atoms. The summed E-state index contributed by atoms with van der Waals surface area (Å²) in [7, 11) is 3.28. The zero-order chi connectivity index (χ0) is 15.9. The third-order valence-corrected chi connectivity index (χ3v) is 3.97. The first kappa shape index (κ1) is 17.2. The quantitative estimate of drug-likeness (QED) is 0.655. The van der Waals surface area contributed by atoms with E-state index < -0.39 is 0 Å². The van der Waals surface area contributed by atoms with E-state index in [0.717, 1.165) is 19.4 Å². The Morgan fingerprint density at radius 1 is 1.50 bits per heavy atom. The van der Waals surface area contributed by atoms with Crippen LogP contribution in [0.15, 0.2) is 12.3 Å². The van der Waals surface area contributed by atoms with E-state index in [1.165, 1.54) is 0 Å². The van der Waals surface area contributed by atoms with Gasteiger partial charge in [0.2, 0.25) is 0 Å². The van der Waals surface area contributed by atoms with Crippen molar-refractivity contribution in [2.45, 2.75) is 50.8 Å². The molecule has 0 radical (unpaired) electrons. The summed E-state index contributed by atoms with van der Waals surface area (Å²) in [5.74, 6) is 0. The first-order valence-electron chi connectivity index (χ1n) is 7.87. The number of carbonyl (C=O) groups is 1. The summed E-state index contributed by atoms with van der Waals surface area (Å²) in [6.45, 7) is 3.47. The fraction of sp³-hybridized carbons (Fsp3) is 0.800. The number of carbonyl (C=O) groups excluding carboxylic acids is 1. The lowest BCUT2D eigenvalue weighted by Gasteiger charge is -2.31. The lowest BCUT2D eigenvalue weighted by atomic mass is 10.2. The highest BCUT2D eigenvalue weighted by atomic mass is 16.6. The van der Waals surface area contributed by atoms with Crippen LogP contribution in [0, 0.1) is 0 Å². The highest BCUT2D eigenvalue weighted by molar-refractivity contribution is 5.77. The minimum absolute atomic E-state index is 0.0634. The van der Waals surface area contributed by atoms with Crippen LogP contribution < -0.4 is 10.6 Å². The second-order valence-electron chi connectivity index (χ2n) is 5.58. The first-order valence-corrected chi connectivity index (χ1v) is 7.87. The number of rotatable bonds is 8. The Labute approximate surface area is 132 Å². The summed E-state index contributed by atoms with van der Waals surface area (Å²) in [6.07, 6.45) is 5.91. The summed E-state index contributed by atoms with van der Waals surface area (Å²) >= 11 is 0. The van der Waals surface area contributed by atoms with Crippen molar-refractivity contribution < 1.29 is 19.0 Å². The molecule has 0 aromatic carbocycles. The largest absolute Gasteiger partial charge is 0.382 e. The molecule has 0 spiro atoms. The number of methoxy groups -OCH3 is 2. The number of hydrogen-bond acceptors (Lipinski definition) is 5. The summed E-state index contributed by atoms with van der Waals surface area (Å²) in [5.41, 5.74) is 0. The van der Waals surface area contributed by atoms with Crippen LogP contribution in [0.5, 0.6) is 0 Å². The number of hydrogen-bond donors (Lipinski definition) is 2. The third-order valence-electron chi connectivity index (χ3n) is 3.97. The highest BCUT2D eigenvalue weighted by Crippen LogP contribution is 2.26. The molecule has 0 aromatic rings. The molecule has 2 heterocycles. The van der Waals surface area contributed by atoms with Gasteiger partial charge < -0.3 is 19.5 Å². The predicted molar refractivity (Wildman–Crippen MR) is 82.2 cm³/mol. The lowest BCUT2D eigenvalue weighted by Crippen LogP contribution is -2.54. The van der Waals surface area contributed by atoms with E-state index in [-0.39, 0.29) is 30.6 Å². The third kappa shape index (κ3) is 4.19. The summed E-state index contributed by atoms with van der Waals surface area (Å²) in [6, 6.07) is -0.158. The maximum Gasteiger partial charge on any atom is 0.325 e. The van der Waals surface area contributed by atoms with E-state index in [1.54, 1.807) is 25.3 Å².